The molecule has 3 rings (SSSR count). The van der Waals surface area contributed by atoms with Gasteiger partial charge in [-0.3, -0.25) is 14.4 Å². The Hall–Kier alpha value is -4.75. The van der Waals surface area contributed by atoms with Gasteiger partial charge < -0.3 is 33.6 Å². The Morgan fingerprint density at radius 3 is 2.40 bits per heavy atom. The van der Waals surface area contributed by atoms with Gasteiger partial charge in [0.2, 0.25) is 11.2 Å². The van der Waals surface area contributed by atoms with Gasteiger partial charge in [-0.05, 0) is 44.5 Å². The molecule has 0 fully saturated rings. The molecule has 10 heteroatoms. The molecule has 0 aliphatic carbocycles. The molecular formula is C30H30O10. The average molecular weight is 551 g/mol. The fraction of sp³-hybridized carbons (Fsp3) is 0.300. The Labute approximate surface area is 230 Å². The number of phenolic OH excluding ortho intramolecular Hbond substituents is 2. The second-order valence-corrected chi connectivity index (χ2v) is 8.85. The highest BCUT2D eigenvalue weighted by molar-refractivity contribution is 5.92. The summed E-state index contributed by atoms with van der Waals surface area (Å²) in [7, 11) is 1.49. The molecule has 0 atom stereocenters. The summed E-state index contributed by atoms with van der Waals surface area (Å²) in [6.45, 7) is 3.91. The molecular weight excluding hydrogens is 520 g/mol. The van der Waals surface area contributed by atoms with Crippen LogP contribution in [0.2, 0.25) is 0 Å². The lowest BCUT2D eigenvalue weighted by atomic mass is 10.0. The molecule has 0 bridgehead atoms. The Bertz CT molecular complexity index is 1500. The number of ether oxygens (including phenoxy) is 4. The summed E-state index contributed by atoms with van der Waals surface area (Å²) in [5, 5.41) is 20.8. The first-order valence-corrected chi connectivity index (χ1v) is 12.4. The van der Waals surface area contributed by atoms with Gasteiger partial charge in [-0.25, -0.2) is 0 Å². The van der Waals surface area contributed by atoms with Gasteiger partial charge in [0.1, 0.15) is 41.4 Å². The van der Waals surface area contributed by atoms with Gasteiger partial charge >= 0.3 is 11.9 Å². The molecule has 0 aliphatic heterocycles. The van der Waals surface area contributed by atoms with E-state index in [2.05, 4.69) is 5.92 Å². The number of esters is 2. The van der Waals surface area contributed by atoms with Crippen molar-refractivity contribution in [3.05, 3.63) is 57.8 Å². The number of benzene rings is 2. The molecule has 1 heterocycles. The normalized spacial score (nSPS) is 10.6. The van der Waals surface area contributed by atoms with Crippen molar-refractivity contribution in [2.75, 3.05) is 26.9 Å². The number of terminal acetylenes is 1. The predicted molar refractivity (Wildman–Crippen MR) is 146 cm³/mol. The molecule has 40 heavy (non-hydrogen) atoms. The lowest BCUT2D eigenvalue weighted by Gasteiger charge is -2.14. The van der Waals surface area contributed by atoms with Gasteiger partial charge in [-0.15, -0.1) is 6.42 Å². The van der Waals surface area contributed by atoms with Crippen molar-refractivity contribution >= 4 is 22.9 Å². The van der Waals surface area contributed by atoms with Crippen LogP contribution in [-0.4, -0.2) is 49.1 Å². The Balaban J connectivity index is 2.00. The van der Waals surface area contributed by atoms with Gasteiger partial charge in [0.25, 0.3) is 0 Å². The van der Waals surface area contributed by atoms with Crippen LogP contribution in [0.3, 0.4) is 0 Å². The zero-order valence-corrected chi connectivity index (χ0v) is 22.4. The molecule has 3 aromatic rings. The molecule has 0 unspecified atom stereocenters. The van der Waals surface area contributed by atoms with Crippen molar-refractivity contribution in [1.29, 1.82) is 0 Å². The van der Waals surface area contributed by atoms with E-state index in [1.165, 1.54) is 7.11 Å². The SMILES string of the molecule is C#CCOCCOC(=O)CCC(=O)Oc1c(-c2ccc(OC)cc2)oc2c(CC=C(C)C)c(O)cc(O)c2c1=O. The van der Waals surface area contributed by atoms with Crippen LogP contribution in [-0.2, 0) is 25.5 Å². The second-order valence-electron chi connectivity index (χ2n) is 8.85. The number of phenols is 2. The molecule has 0 radical (unpaired) electrons. The van der Waals surface area contributed by atoms with Crippen molar-refractivity contribution < 1.29 is 43.2 Å². The number of carbonyl (C=O) groups is 2. The van der Waals surface area contributed by atoms with Crippen LogP contribution in [0.15, 0.2) is 51.2 Å². The largest absolute Gasteiger partial charge is 0.507 e. The third-order valence-electron chi connectivity index (χ3n) is 5.68. The van der Waals surface area contributed by atoms with E-state index in [4.69, 9.17) is 29.8 Å². The average Bonchev–Trinajstić information content (AvgIpc) is 2.92. The molecule has 10 nitrogen and oxygen atoms in total. The summed E-state index contributed by atoms with van der Waals surface area (Å²) in [5.74, 6) is -0.142. The number of allylic oxidation sites excluding steroid dienone is 2. The smallest absolute Gasteiger partial charge is 0.312 e. The summed E-state index contributed by atoms with van der Waals surface area (Å²) in [4.78, 5) is 38.3. The molecule has 0 saturated carbocycles. The molecule has 2 N–H and O–H groups in total. The van der Waals surface area contributed by atoms with Gasteiger partial charge in [-0.2, -0.15) is 0 Å². The van der Waals surface area contributed by atoms with Crippen LogP contribution in [0.1, 0.15) is 32.3 Å². The van der Waals surface area contributed by atoms with Crippen molar-refractivity contribution in [3.8, 4) is 46.7 Å². The highest BCUT2D eigenvalue weighted by atomic mass is 16.6. The monoisotopic (exact) mass is 550 g/mol. The van der Waals surface area contributed by atoms with E-state index in [0.717, 1.165) is 11.6 Å². The fourth-order valence-electron chi connectivity index (χ4n) is 3.68. The summed E-state index contributed by atoms with van der Waals surface area (Å²) >= 11 is 0. The summed E-state index contributed by atoms with van der Waals surface area (Å²) < 4.78 is 26.7. The van der Waals surface area contributed by atoms with E-state index in [1.807, 2.05) is 19.9 Å². The van der Waals surface area contributed by atoms with Crippen LogP contribution in [0.25, 0.3) is 22.3 Å². The van der Waals surface area contributed by atoms with Crippen molar-refractivity contribution in [3.63, 3.8) is 0 Å². The van der Waals surface area contributed by atoms with E-state index < -0.39 is 35.3 Å². The Morgan fingerprint density at radius 1 is 1.05 bits per heavy atom. The van der Waals surface area contributed by atoms with Crippen LogP contribution in [0.4, 0.5) is 0 Å². The van der Waals surface area contributed by atoms with Gasteiger partial charge in [0, 0.05) is 17.2 Å². The highest BCUT2D eigenvalue weighted by Crippen LogP contribution is 2.39. The predicted octanol–water partition coefficient (Wildman–Crippen LogP) is 4.27. The lowest BCUT2D eigenvalue weighted by Crippen LogP contribution is -2.18. The Kier molecular flexibility index (Phi) is 10.3. The quantitative estimate of drug-likeness (QED) is 0.145. The summed E-state index contributed by atoms with van der Waals surface area (Å²) in [6, 6.07) is 7.48. The zero-order valence-electron chi connectivity index (χ0n) is 22.4. The summed E-state index contributed by atoms with van der Waals surface area (Å²) in [6.07, 6.45) is 6.41. The molecule has 0 saturated heterocycles. The minimum absolute atomic E-state index is 0.0351. The van der Waals surface area contributed by atoms with Crippen molar-refractivity contribution in [2.24, 2.45) is 0 Å². The first-order valence-electron chi connectivity index (χ1n) is 12.4. The number of methoxy groups -OCH3 is 1. The van der Waals surface area contributed by atoms with Gasteiger partial charge in [-0.1, -0.05) is 17.6 Å². The van der Waals surface area contributed by atoms with E-state index in [-0.39, 0.29) is 60.7 Å². The van der Waals surface area contributed by atoms with E-state index >= 15 is 0 Å². The first kappa shape index (κ1) is 29.8. The topological polar surface area (TPSA) is 142 Å². The van der Waals surface area contributed by atoms with Gasteiger partial charge in [0.05, 0.1) is 26.6 Å². The van der Waals surface area contributed by atoms with E-state index in [1.54, 1.807) is 24.3 Å². The minimum atomic E-state index is -0.898. The van der Waals surface area contributed by atoms with Crippen molar-refractivity contribution in [1.82, 2.24) is 0 Å². The van der Waals surface area contributed by atoms with E-state index in [0.29, 0.717) is 11.3 Å². The third kappa shape index (κ3) is 7.42. The number of hydrogen-bond donors (Lipinski definition) is 2. The lowest BCUT2D eigenvalue weighted by molar-refractivity contribution is -0.148. The molecule has 0 aliphatic rings. The third-order valence-corrected chi connectivity index (χ3v) is 5.68. The highest BCUT2D eigenvalue weighted by Gasteiger charge is 2.25. The first-order chi connectivity index (χ1) is 19.2. The number of fused-ring (bicyclic) bond motifs is 1. The van der Waals surface area contributed by atoms with E-state index in [9.17, 15) is 24.6 Å². The van der Waals surface area contributed by atoms with Crippen LogP contribution in [0, 0.1) is 12.3 Å². The van der Waals surface area contributed by atoms with Gasteiger partial charge in [0.15, 0.2) is 5.76 Å². The van der Waals surface area contributed by atoms with Crippen LogP contribution < -0.4 is 14.9 Å². The number of hydrogen-bond acceptors (Lipinski definition) is 10. The zero-order chi connectivity index (χ0) is 29.2. The van der Waals surface area contributed by atoms with Crippen LogP contribution in [0.5, 0.6) is 23.0 Å². The molecule has 210 valence electrons. The maximum Gasteiger partial charge on any atom is 0.312 e. The van der Waals surface area contributed by atoms with Crippen molar-refractivity contribution in [2.45, 2.75) is 33.1 Å². The number of carbonyl (C=O) groups excluding carboxylic acids is 2. The fourth-order valence-corrected chi connectivity index (χ4v) is 3.68. The number of aromatic hydroxyl groups is 2. The number of rotatable bonds is 12. The van der Waals surface area contributed by atoms with Crippen LogP contribution >= 0.6 is 0 Å². The maximum absolute atomic E-state index is 13.6. The maximum atomic E-state index is 13.6. The standard InChI is InChI=1S/C30H30O10/c1-5-14-37-15-16-38-24(33)12-13-25(34)39-30-27(35)26-23(32)17-22(31)21(11-6-18(2)3)29(26)40-28(30)19-7-9-20(36-4)10-8-19/h1,6-10,17,31-32H,11-16H2,2-4H3. The minimum Gasteiger partial charge on any atom is -0.507 e. The summed E-state index contributed by atoms with van der Waals surface area (Å²) in [5.41, 5.74) is 0.714. The second kappa shape index (κ2) is 13.9. The Morgan fingerprint density at radius 2 is 1.75 bits per heavy atom. The molecule has 0 amide bonds. The molecule has 2 aromatic carbocycles. The molecule has 1 aromatic heterocycles. The molecule has 0 spiro atoms.